The van der Waals surface area contributed by atoms with Crippen molar-refractivity contribution in [1.29, 1.82) is 0 Å². The second-order valence-corrected chi connectivity index (χ2v) is 5.98. The van der Waals surface area contributed by atoms with Crippen LogP contribution in [-0.2, 0) is 6.54 Å². The van der Waals surface area contributed by atoms with Crippen LogP contribution in [0, 0.1) is 5.92 Å². The molecule has 0 saturated carbocycles. The van der Waals surface area contributed by atoms with Gasteiger partial charge in [-0.15, -0.1) is 24.0 Å². The number of benzene rings is 1. The number of halogens is 2. The molecule has 2 rings (SSSR count). The number of phenolic OH excluding ortho intramolecular Hbond substituents is 1. The second kappa shape index (κ2) is 8.07. The Balaban J connectivity index is 0.00000200. The molecule has 4 nitrogen and oxygen atoms in total. The highest BCUT2D eigenvalue weighted by molar-refractivity contribution is 14.0. The Morgan fingerprint density at radius 2 is 2.10 bits per heavy atom. The van der Waals surface area contributed by atoms with Crippen LogP contribution >= 0.6 is 39.9 Å². The van der Waals surface area contributed by atoms with Gasteiger partial charge < -0.3 is 15.7 Å². The summed E-state index contributed by atoms with van der Waals surface area (Å²) < 4.78 is 0.686. The fourth-order valence-electron chi connectivity index (χ4n) is 2.16. The predicted molar refractivity (Wildman–Crippen MR) is 96.5 cm³/mol. The van der Waals surface area contributed by atoms with Gasteiger partial charge >= 0.3 is 0 Å². The Bertz CT molecular complexity index is 473. The minimum Gasteiger partial charge on any atom is -0.507 e. The van der Waals surface area contributed by atoms with E-state index in [0.29, 0.717) is 17.0 Å². The van der Waals surface area contributed by atoms with Crippen LogP contribution in [0.3, 0.4) is 0 Å². The van der Waals surface area contributed by atoms with Gasteiger partial charge in [0.15, 0.2) is 5.96 Å². The Morgan fingerprint density at radius 1 is 1.45 bits per heavy atom. The van der Waals surface area contributed by atoms with Gasteiger partial charge in [0.1, 0.15) is 5.75 Å². The fraction of sp³-hybridized carbons (Fsp3) is 0.500. The molecule has 0 unspecified atom stereocenters. The summed E-state index contributed by atoms with van der Waals surface area (Å²) in [5.41, 5.74) is 7.05. The third kappa shape index (κ3) is 4.80. The maximum absolute atomic E-state index is 9.43. The first-order valence-corrected chi connectivity index (χ1v) is 7.38. The van der Waals surface area contributed by atoms with Crippen LogP contribution in [0.4, 0.5) is 0 Å². The highest BCUT2D eigenvalue weighted by Crippen LogP contribution is 2.24. The van der Waals surface area contributed by atoms with Crippen LogP contribution in [0.1, 0.15) is 25.3 Å². The molecule has 1 aromatic rings. The zero-order valence-electron chi connectivity index (χ0n) is 11.6. The van der Waals surface area contributed by atoms with Gasteiger partial charge in [0.25, 0.3) is 0 Å². The Kier molecular flexibility index (Phi) is 7.08. The van der Waals surface area contributed by atoms with Crippen LogP contribution < -0.4 is 5.73 Å². The van der Waals surface area contributed by atoms with E-state index in [1.165, 1.54) is 12.8 Å². The molecule has 3 N–H and O–H groups in total. The lowest BCUT2D eigenvalue weighted by atomic mass is 10.00. The third-order valence-corrected chi connectivity index (χ3v) is 4.18. The first-order chi connectivity index (χ1) is 9.06. The molecule has 0 radical (unpaired) electrons. The molecule has 1 fully saturated rings. The summed E-state index contributed by atoms with van der Waals surface area (Å²) in [7, 11) is 0. The van der Waals surface area contributed by atoms with E-state index in [9.17, 15) is 5.11 Å². The lowest BCUT2D eigenvalue weighted by molar-refractivity contribution is 0.277. The predicted octanol–water partition coefficient (Wildman–Crippen LogP) is 3.32. The highest BCUT2D eigenvalue weighted by atomic mass is 127. The molecule has 112 valence electrons. The van der Waals surface area contributed by atoms with Gasteiger partial charge in [-0.1, -0.05) is 13.0 Å². The van der Waals surface area contributed by atoms with E-state index in [1.54, 1.807) is 6.07 Å². The number of nitrogens with two attached hydrogens (primary N) is 1. The smallest absolute Gasteiger partial charge is 0.191 e. The van der Waals surface area contributed by atoms with E-state index < -0.39 is 0 Å². The number of aliphatic imine (C=N–C) groups is 1. The van der Waals surface area contributed by atoms with Crippen LogP contribution in [-0.4, -0.2) is 29.1 Å². The lowest BCUT2D eigenvalue weighted by Gasteiger charge is -2.31. The topological polar surface area (TPSA) is 61.8 Å². The average molecular weight is 454 g/mol. The minimum atomic E-state index is 0. The van der Waals surface area contributed by atoms with E-state index in [2.05, 4.69) is 32.7 Å². The molecule has 1 aliphatic heterocycles. The van der Waals surface area contributed by atoms with Gasteiger partial charge in [-0.05, 0) is 52.4 Å². The Morgan fingerprint density at radius 3 is 2.70 bits per heavy atom. The van der Waals surface area contributed by atoms with Crippen molar-refractivity contribution in [3.63, 3.8) is 0 Å². The van der Waals surface area contributed by atoms with Crippen molar-refractivity contribution >= 4 is 45.9 Å². The number of piperidine rings is 1. The summed E-state index contributed by atoms with van der Waals surface area (Å²) in [6, 6.07) is 5.38. The van der Waals surface area contributed by atoms with E-state index >= 15 is 0 Å². The van der Waals surface area contributed by atoms with Gasteiger partial charge in [-0.3, -0.25) is 0 Å². The van der Waals surface area contributed by atoms with Crippen molar-refractivity contribution in [3.05, 3.63) is 28.2 Å². The maximum Gasteiger partial charge on any atom is 0.191 e. The standard InChI is InChI=1S/C14H20BrN3O.HI/c1-10-4-6-18(7-5-10)14(16)17-9-11-2-3-13(19)12(15)8-11;/h2-3,8,10,19H,4-7,9H2,1H3,(H2,16,17);1H. The summed E-state index contributed by atoms with van der Waals surface area (Å²) in [5, 5.41) is 9.43. The van der Waals surface area contributed by atoms with Crippen molar-refractivity contribution in [2.75, 3.05) is 13.1 Å². The molecular formula is C14H21BrIN3O. The van der Waals surface area contributed by atoms with Crippen LogP contribution in [0.25, 0.3) is 0 Å². The molecule has 6 heteroatoms. The number of hydrogen-bond acceptors (Lipinski definition) is 2. The minimum absolute atomic E-state index is 0. The summed E-state index contributed by atoms with van der Waals surface area (Å²) in [6.45, 7) is 4.81. The number of phenols is 1. The Labute approximate surface area is 145 Å². The molecule has 0 aromatic heterocycles. The summed E-state index contributed by atoms with van der Waals surface area (Å²) in [5.74, 6) is 1.65. The van der Waals surface area contributed by atoms with Crippen molar-refractivity contribution in [1.82, 2.24) is 4.90 Å². The first-order valence-electron chi connectivity index (χ1n) is 6.58. The van der Waals surface area contributed by atoms with Crippen LogP contribution in [0.2, 0.25) is 0 Å². The number of nitrogens with zero attached hydrogens (tertiary/aromatic N) is 2. The van der Waals surface area contributed by atoms with Crippen molar-refractivity contribution in [2.45, 2.75) is 26.3 Å². The lowest BCUT2D eigenvalue weighted by Crippen LogP contribution is -2.42. The number of guanidine groups is 1. The molecule has 1 aliphatic rings. The molecule has 1 heterocycles. The van der Waals surface area contributed by atoms with Crippen molar-refractivity contribution in [2.24, 2.45) is 16.6 Å². The maximum atomic E-state index is 9.43. The first kappa shape index (κ1) is 17.6. The van der Waals surface area contributed by atoms with E-state index in [1.807, 2.05) is 12.1 Å². The van der Waals surface area contributed by atoms with Gasteiger partial charge in [0.05, 0.1) is 11.0 Å². The normalized spacial score (nSPS) is 16.9. The third-order valence-electron chi connectivity index (χ3n) is 3.54. The van der Waals surface area contributed by atoms with E-state index in [0.717, 1.165) is 24.6 Å². The van der Waals surface area contributed by atoms with E-state index in [4.69, 9.17) is 5.73 Å². The summed E-state index contributed by atoms with van der Waals surface area (Å²) in [4.78, 5) is 6.58. The molecule has 0 atom stereocenters. The monoisotopic (exact) mass is 453 g/mol. The number of rotatable bonds is 2. The quantitative estimate of drug-likeness (QED) is 0.410. The highest BCUT2D eigenvalue weighted by Gasteiger charge is 2.16. The summed E-state index contributed by atoms with van der Waals surface area (Å²) in [6.07, 6.45) is 2.36. The van der Waals surface area contributed by atoms with Gasteiger partial charge in [0, 0.05) is 13.1 Å². The van der Waals surface area contributed by atoms with Gasteiger partial charge in [-0.2, -0.15) is 0 Å². The average Bonchev–Trinajstić information content (AvgIpc) is 2.40. The zero-order chi connectivity index (χ0) is 13.8. The number of hydrogen-bond donors (Lipinski definition) is 2. The second-order valence-electron chi connectivity index (χ2n) is 5.13. The van der Waals surface area contributed by atoms with Gasteiger partial charge in [0.2, 0.25) is 0 Å². The molecule has 0 aliphatic carbocycles. The molecule has 0 amide bonds. The largest absolute Gasteiger partial charge is 0.507 e. The fourth-order valence-corrected chi connectivity index (χ4v) is 2.58. The molecular weight excluding hydrogens is 433 g/mol. The van der Waals surface area contributed by atoms with Crippen molar-refractivity contribution < 1.29 is 5.11 Å². The molecule has 0 bridgehead atoms. The van der Waals surface area contributed by atoms with Crippen molar-refractivity contribution in [3.8, 4) is 5.75 Å². The van der Waals surface area contributed by atoms with Gasteiger partial charge in [-0.25, -0.2) is 4.99 Å². The molecule has 0 spiro atoms. The summed E-state index contributed by atoms with van der Waals surface area (Å²) >= 11 is 3.30. The molecule has 20 heavy (non-hydrogen) atoms. The van der Waals surface area contributed by atoms with Crippen LogP contribution in [0.5, 0.6) is 5.75 Å². The van der Waals surface area contributed by atoms with Crippen LogP contribution in [0.15, 0.2) is 27.7 Å². The SMILES string of the molecule is CC1CCN(C(N)=NCc2ccc(O)c(Br)c2)CC1.I. The van der Waals surface area contributed by atoms with E-state index in [-0.39, 0.29) is 29.7 Å². The number of aromatic hydroxyl groups is 1. The molecule has 1 saturated heterocycles. The number of likely N-dealkylation sites (tertiary alicyclic amines) is 1. The molecule has 1 aromatic carbocycles. The Hall–Kier alpha value is -0.500. The zero-order valence-corrected chi connectivity index (χ0v) is 15.5.